The molecular formula is C10H20N2O2. The summed E-state index contributed by atoms with van der Waals surface area (Å²) >= 11 is 0. The van der Waals surface area contributed by atoms with Gasteiger partial charge >= 0.3 is 5.97 Å². The van der Waals surface area contributed by atoms with E-state index in [9.17, 15) is 4.79 Å². The Morgan fingerprint density at radius 1 is 1.57 bits per heavy atom. The maximum absolute atomic E-state index is 11.5. The number of carbonyl (C=O) groups is 1. The molecule has 0 aliphatic heterocycles. The molecule has 0 bridgehead atoms. The van der Waals surface area contributed by atoms with Crippen LogP contribution >= 0.6 is 0 Å². The smallest absolute Gasteiger partial charge is 0.309 e. The average molecular weight is 200 g/mol. The van der Waals surface area contributed by atoms with Gasteiger partial charge in [-0.15, -0.1) is 0 Å². The number of nitrogens with one attached hydrogen (secondary N) is 1. The Morgan fingerprint density at radius 3 is 2.79 bits per heavy atom. The zero-order chi connectivity index (χ0) is 10.6. The minimum atomic E-state index is -0.0459. The lowest BCUT2D eigenvalue weighted by Gasteiger charge is -2.32. The van der Waals surface area contributed by atoms with Crippen LogP contribution in [0.4, 0.5) is 0 Å². The molecule has 0 heterocycles. The van der Waals surface area contributed by atoms with E-state index in [4.69, 9.17) is 10.6 Å². The fourth-order valence-electron chi connectivity index (χ4n) is 2.15. The number of hydrogen-bond donors (Lipinski definition) is 2. The predicted octanol–water partition coefficient (Wildman–Crippen LogP) is 0.818. The maximum atomic E-state index is 11.5. The highest BCUT2D eigenvalue weighted by atomic mass is 16.5. The molecule has 0 amide bonds. The molecule has 0 aromatic rings. The molecule has 82 valence electrons. The quantitative estimate of drug-likeness (QED) is 0.402. The van der Waals surface area contributed by atoms with Crippen molar-refractivity contribution in [3.8, 4) is 0 Å². The lowest BCUT2D eigenvalue weighted by molar-refractivity contribution is -0.151. The lowest BCUT2D eigenvalue weighted by Crippen LogP contribution is -2.42. The summed E-state index contributed by atoms with van der Waals surface area (Å²) in [6.07, 6.45) is 2.80. The Morgan fingerprint density at radius 2 is 2.29 bits per heavy atom. The molecule has 1 aliphatic rings. The van der Waals surface area contributed by atoms with Crippen LogP contribution in [0.2, 0.25) is 0 Å². The van der Waals surface area contributed by atoms with Gasteiger partial charge in [0.2, 0.25) is 0 Å². The number of nitrogens with two attached hydrogens (primary N) is 1. The summed E-state index contributed by atoms with van der Waals surface area (Å²) in [6, 6.07) is 0.357. The lowest BCUT2D eigenvalue weighted by atomic mass is 9.78. The number of hydrogen-bond acceptors (Lipinski definition) is 4. The summed E-state index contributed by atoms with van der Waals surface area (Å²) in [4.78, 5) is 11.5. The molecule has 0 saturated heterocycles. The fraction of sp³-hybridized carbons (Fsp3) is 0.900. The first-order valence-electron chi connectivity index (χ1n) is 5.31. The van der Waals surface area contributed by atoms with Crippen molar-refractivity contribution >= 4 is 5.97 Å². The Labute approximate surface area is 85.2 Å². The second-order valence-electron chi connectivity index (χ2n) is 4.01. The first kappa shape index (κ1) is 11.5. The molecule has 1 saturated carbocycles. The van der Waals surface area contributed by atoms with E-state index in [1.807, 2.05) is 6.92 Å². The van der Waals surface area contributed by atoms with Crippen LogP contribution in [0.25, 0.3) is 0 Å². The molecule has 3 N–H and O–H groups in total. The molecule has 0 spiro atoms. The summed E-state index contributed by atoms with van der Waals surface area (Å²) in [5.74, 6) is 5.77. The van der Waals surface area contributed by atoms with Crippen molar-refractivity contribution in [2.75, 3.05) is 6.61 Å². The number of rotatable bonds is 3. The minimum absolute atomic E-state index is 0.0459. The van der Waals surface area contributed by atoms with Gasteiger partial charge in [0.25, 0.3) is 0 Å². The third-order valence-corrected chi connectivity index (χ3v) is 2.99. The van der Waals surface area contributed by atoms with E-state index in [1.54, 1.807) is 0 Å². The van der Waals surface area contributed by atoms with Gasteiger partial charge in [-0.25, -0.2) is 0 Å². The van der Waals surface area contributed by atoms with E-state index in [-0.39, 0.29) is 11.9 Å². The summed E-state index contributed by atoms with van der Waals surface area (Å²) in [5.41, 5.74) is 2.77. The zero-order valence-corrected chi connectivity index (χ0v) is 8.95. The van der Waals surface area contributed by atoms with Gasteiger partial charge in [-0.05, 0) is 32.1 Å². The van der Waals surface area contributed by atoms with Crippen LogP contribution in [0.3, 0.4) is 0 Å². The van der Waals surface area contributed by atoms with Crippen LogP contribution in [-0.4, -0.2) is 18.6 Å². The fourth-order valence-corrected chi connectivity index (χ4v) is 2.15. The molecule has 4 heteroatoms. The summed E-state index contributed by atoms with van der Waals surface area (Å²) < 4.78 is 5.03. The number of esters is 1. The van der Waals surface area contributed by atoms with Crippen molar-refractivity contribution in [2.45, 2.75) is 39.2 Å². The molecular weight excluding hydrogens is 180 g/mol. The van der Waals surface area contributed by atoms with Gasteiger partial charge in [0.05, 0.1) is 12.5 Å². The van der Waals surface area contributed by atoms with E-state index >= 15 is 0 Å². The molecule has 14 heavy (non-hydrogen) atoms. The van der Waals surface area contributed by atoms with Gasteiger partial charge in [0.15, 0.2) is 0 Å². The van der Waals surface area contributed by atoms with Crippen molar-refractivity contribution in [1.82, 2.24) is 5.43 Å². The standard InChI is InChI=1S/C10H20N2O2/c1-3-14-10(13)9-5-4-8(12-11)6-7(9)2/h7-9,12H,3-6,11H2,1-2H3/t7-,8+,9-/m1/s1. The van der Waals surface area contributed by atoms with Crippen LogP contribution < -0.4 is 11.3 Å². The first-order chi connectivity index (χ1) is 6.69. The van der Waals surface area contributed by atoms with Gasteiger partial charge in [-0.1, -0.05) is 6.92 Å². The first-order valence-corrected chi connectivity index (χ1v) is 5.31. The summed E-state index contributed by atoms with van der Waals surface area (Å²) in [5, 5.41) is 0. The van der Waals surface area contributed by atoms with Crippen molar-refractivity contribution in [1.29, 1.82) is 0 Å². The average Bonchev–Trinajstić information content (AvgIpc) is 2.17. The second-order valence-corrected chi connectivity index (χ2v) is 4.01. The highest BCUT2D eigenvalue weighted by molar-refractivity contribution is 5.72. The van der Waals surface area contributed by atoms with Gasteiger partial charge in [0, 0.05) is 6.04 Å². The van der Waals surface area contributed by atoms with Crippen LogP contribution in [0, 0.1) is 11.8 Å². The summed E-state index contributed by atoms with van der Waals surface area (Å²) in [7, 11) is 0. The van der Waals surface area contributed by atoms with Gasteiger partial charge in [0.1, 0.15) is 0 Å². The van der Waals surface area contributed by atoms with E-state index < -0.39 is 0 Å². The number of ether oxygens (including phenoxy) is 1. The van der Waals surface area contributed by atoms with Crippen LogP contribution in [-0.2, 0) is 9.53 Å². The van der Waals surface area contributed by atoms with E-state index in [1.165, 1.54) is 0 Å². The van der Waals surface area contributed by atoms with Crippen molar-refractivity contribution in [3.05, 3.63) is 0 Å². The normalized spacial score (nSPS) is 32.6. The van der Waals surface area contributed by atoms with Crippen LogP contribution in [0.15, 0.2) is 0 Å². The maximum Gasteiger partial charge on any atom is 0.309 e. The second kappa shape index (κ2) is 5.32. The van der Waals surface area contributed by atoms with Crippen LogP contribution in [0.1, 0.15) is 33.1 Å². The third kappa shape index (κ3) is 2.69. The van der Waals surface area contributed by atoms with E-state index in [2.05, 4.69) is 12.3 Å². The minimum Gasteiger partial charge on any atom is -0.466 e. The molecule has 1 aliphatic carbocycles. The summed E-state index contributed by atoms with van der Waals surface area (Å²) in [6.45, 7) is 4.40. The van der Waals surface area contributed by atoms with Gasteiger partial charge < -0.3 is 4.74 Å². The van der Waals surface area contributed by atoms with Gasteiger partial charge in [-0.3, -0.25) is 16.1 Å². The highest BCUT2D eigenvalue weighted by Crippen LogP contribution is 2.30. The molecule has 4 nitrogen and oxygen atoms in total. The molecule has 0 unspecified atom stereocenters. The van der Waals surface area contributed by atoms with Crippen LogP contribution in [0.5, 0.6) is 0 Å². The number of carbonyl (C=O) groups excluding carboxylic acids is 1. The Balaban J connectivity index is 2.45. The molecule has 0 radical (unpaired) electrons. The molecule has 0 aromatic carbocycles. The SMILES string of the molecule is CCOC(=O)[C@@H]1CC[C@H](NN)C[C@H]1C. The number of hydrazine groups is 1. The monoisotopic (exact) mass is 200 g/mol. The molecule has 1 fully saturated rings. The molecule has 3 atom stereocenters. The highest BCUT2D eigenvalue weighted by Gasteiger charge is 2.32. The molecule has 1 rings (SSSR count). The topological polar surface area (TPSA) is 64.3 Å². The van der Waals surface area contributed by atoms with Crippen molar-refractivity contribution in [3.63, 3.8) is 0 Å². The van der Waals surface area contributed by atoms with Gasteiger partial charge in [-0.2, -0.15) is 0 Å². The van der Waals surface area contributed by atoms with Crippen molar-refractivity contribution in [2.24, 2.45) is 17.7 Å². The third-order valence-electron chi connectivity index (χ3n) is 2.99. The van der Waals surface area contributed by atoms with E-state index in [0.717, 1.165) is 19.3 Å². The van der Waals surface area contributed by atoms with Crippen molar-refractivity contribution < 1.29 is 9.53 Å². The van der Waals surface area contributed by atoms with E-state index in [0.29, 0.717) is 18.6 Å². The largest absolute Gasteiger partial charge is 0.466 e. The Kier molecular flexibility index (Phi) is 4.35. The zero-order valence-electron chi connectivity index (χ0n) is 8.95. The Hall–Kier alpha value is -0.610. The predicted molar refractivity (Wildman–Crippen MR) is 54.2 cm³/mol. The molecule has 0 aromatic heterocycles. The Bertz CT molecular complexity index is 197.